The average molecular weight is 269 g/mol. The lowest BCUT2D eigenvalue weighted by Gasteiger charge is -2.16. The van der Waals surface area contributed by atoms with E-state index in [1.165, 1.54) is 6.42 Å². The van der Waals surface area contributed by atoms with Crippen LogP contribution in [0.4, 0.5) is 0 Å². The maximum atomic E-state index is 11.8. The fourth-order valence-corrected chi connectivity index (χ4v) is 2.28. The number of rotatable bonds is 4. The maximum absolute atomic E-state index is 11.8. The second-order valence-corrected chi connectivity index (χ2v) is 4.70. The summed E-state index contributed by atoms with van der Waals surface area (Å²) in [6.45, 7) is 3.07. The molecule has 0 radical (unpaired) electrons. The molecule has 1 amide bonds. The van der Waals surface area contributed by atoms with Gasteiger partial charge in [0, 0.05) is 12.5 Å². The summed E-state index contributed by atoms with van der Waals surface area (Å²) in [6.07, 6.45) is 2.90. The average Bonchev–Trinajstić information content (AvgIpc) is 2.82. The van der Waals surface area contributed by atoms with Crippen LogP contribution in [-0.4, -0.2) is 18.5 Å². The number of benzene rings is 1. The van der Waals surface area contributed by atoms with Gasteiger partial charge in [-0.3, -0.25) is 4.79 Å². The van der Waals surface area contributed by atoms with E-state index >= 15 is 0 Å². The predicted molar refractivity (Wildman–Crippen MR) is 75.9 cm³/mol. The molecule has 100 valence electrons. The molecule has 0 bridgehead atoms. The molecule has 0 aliphatic carbocycles. The first-order chi connectivity index (χ1) is 8.25. The molecular formula is C14H21ClN2O. The van der Waals surface area contributed by atoms with Crippen LogP contribution in [0.5, 0.6) is 0 Å². The Kier molecular flexibility index (Phi) is 6.16. The molecule has 2 rings (SSSR count). The SMILES string of the molecule is CC(NC(=O)CC1CCCN1)c1ccccc1.Cl. The van der Waals surface area contributed by atoms with Crippen LogP contribution in [-0.2, 0) is 4.79 Å². The van der Waals surface area contributed by atoms with Crippen molar-refractivity contribution in [2.75, 3.05) is 6.54 Å². The van der Waals surface area contributed by atoms with Gasteiger partial charge >= 0.3 is 0 Å². The van der Waals surface area contributed by atoms with E-state index in [2.05, 4.69) is 10.6 Å². The second-order valence-electron chi connectivity index (χ2n) is 4.70. The molecule has 2 N–H and O–H groups in total. The monoisotopic (exact) mass is 268 g/mol. The molecule has 1 aromatic carbocycles. The van der Waals surface area contributed by atoms with Gasteiger partial charge in [0.05, 0.1) is 6.04 Å². The van der Waals surface area contributed by atoms with Crippen LogP contribution < -0.4 is 10.6 Å². The van der Waals surface area contributed by atoms with E-state index in [0.29, 0.717) is 12.5 Å². The van der Waals surface area contributed by atoms with E-state index in [9.17, 15) is 4.79 Å². The third-order valence-corrected chi connectivity index (χ3v) is 3.27. The highest BCUT2D eigenvalue weighted by molar-refractivity contribution is 5.85. The van der Waals surface area contributed by atoms with Gasteiger partial charge in [0.2, 0.25) is 5.91 Å². The molecule has 0 saturated carbocycles. The molecule has 1 aliphatic rings. The largest absolute Gasteiger partial charge is 0.350 e. The van der Waals surface area contributed by atoms with Gasteiger partial charge in [-0.2, -0.15) is 0 Å². The van der Waals surface area contributed by atoms with Crippen LogP contribution in [0.15, 0.2) is 30.3 Å². The standard InChI is InChI=1S/C14H20N2O.ClH/c1-11(12-6-3-2-4-7-12)16-14(17)10-13-8-5-9-15-13;/h2-4,6-7,11,13,15H,5,8-10H2,1H3,(H,16,17);1H. The first-order valence-electron chi connectivity index (χ1n) is 6.33. The smallest absolute Gasteiger partial charge is 0.222 e. The Morgan fingerprint density at radius 3 is 2.78 bits per heavy atom. The Balaban J connectivity index is 0.00000162. The minimum absolute atomic E-state index is 0. The highest BCUT2D eigenvalue weighted by Crippen LogP contribution is 2.13. The van der Waals surface area contributed by atoms with E-state index in [1.807, 2.05) is 37.3 Å². The molecule has 1 heterocycles. The summed E-state index contributed by atoms with van der Waals surface area (Å²) < 4.78 is 0. The van der Waals surface area contributed by atoms with Gasteiger partial charge in [0.15, 0.2) is 0 Å². The molecule has 3 nitrogen and oxygen atoms in total. The summed E-state index contributed by atoms with van der Waals surface area (Å²) in [4.78, 5) is 11.8. The Morgan fingerprint density at radius 2 is 2.17 bits per heavy atom. The minimum atomic E-state index is 0. The Labute approximate surface area is 115 Å². The Morgan fingerprint density at radius 1 is 1.44 bits per heavy atom. The fourth-order valence-electron chi connectivity index (χ4n) is 2.28. The number of hydrogen-bond donors (Lipinski definition) is 2. The normalized spacial score (nSPS) is 19.9. The van der Waals surface area contributed by atoms with Crippen molar-refractivity contribution in [3.05, 3.63) is 35.9 Å². The molecule has 0 spiro atoms. The first kappa shape index (κ1) is 15.0. The van der Waals surface area contributed by atoms with Gasteiger partial charge in [-0.15, -0.1) is 12.4 Å². The zero-order valence-electron chi connectivity index (χ0n) is 10.7. The van der Waals surface area contributed by atoms with E-state index in [4.69, 9.17) is 0 Å². The van der Waals surface area contributed by atoms with Crippen LogP contribution in [0, 0.1) is 0 Å². The van der Waals surface area contributed by atoms with Crippen molar-refractivity contribution in [1.82, 2.24) is 10.6 Å². The zero-order valence-corrected chi connectivity index (χ0v) is 11.5. The van der Waals surface area contributed by atoms with Crippen molar-refractivity contribution in [3.63, 3.8) is 0 Å². The van der Waals surface area contributed by atoms with Gasteiger partial charge in [0.25, 0.3) is 0 Å². The summed E-state index contributed by atoms with van der Waals surface area (Å²) in [7, 11) is 0. The van der Waals surface area contributed by atoms with Crippen LogP contribution >= 0.6 is 12.4 Å². The number of carbonyl (C=O) groups excluding carboxylic acids is 1. The van der Waals surface area contributed by atoms with Crippen molar-refractivity contribution in [1.29, 1.82) is 0 Å². The van der Waals surface area contributed by atoms with Crippen molar-refractivity contribution in [3.8, 4) is 0 Å². The third kappa shape index (κ3) is 4.31. The fraction of sp³-hybridized carbons (Fsp3) is 0.500. The van der Waals surface area contributed by atoms with Gasteiger partial charge < -0.3 is 10.6 Å². The topological polar surface area (TPSA) is 41.1 Å². The molecule has 1 aromatic rings. The molecule has 2 atom stereocenters. The van der Waals surface area contributed by atoms with Crippen molar-refractivity contribution >= 4 is 18.3 Å². The molecule has 2 unspecified atom stereocenters. The molecule has 0 aromatic heterocycles. The number of halogens is 1. The number of nitrogens with one attached hydrogen (secondary N) is 2. The van der Waals surface area contributed by atoms with E-state index in [0.717, 1.165) is 18.5 Å². The summed E-state index contributed by atoms with van der Waals surface area (Å²) in [5, 5.41) is 6.38. The van der Waals surface area contributed by atoms with Crippen LogP contribution in [0.3, 0.4) is 0 Å². The highest BCUT2D eigenvalue weighted by atomic mass is 35.5. The number of amides is 1. The lowest BCUT2D eigenvalue weighted by atomic mass is 10.1. The van der Waals surface area contributed by atoms with Gasteiger partial charge in [0.1, 0.15) is 0 Å². The van der Waals surface area contributed by atoms with Gasteiger partial charge in [-0.25, -0.2) is 0 Å². The first-order valence-corrected chi connectivity index (χ1v) is 6.33. The van der Waals surface area contributed by atoms with Gasteiger partial charge in [-0.1, -0.05) is 30.3 Å². The Hall–Kier alpha value is -1.06. The summed E-state index contributed by atoms with van der Waals surface area (Å²) in [5.41, 5.74) is 1.15. The van der Waals surface area contributed by atoms with Crippen LogP contribution in [0.1, 0.15) is 37.8 Å². The summed E-state index contributed by atoms with van der Waals surface area (Å²) >= 11 is 0. The molecule has 1 aliphatic heterocycles. The number of hydrogen-bond acceptors (Lipinski definition) is 2. The van der Waals surface area contributed by atoms with Crippen LogP contribution in [0.25, 0.3) is 0 Å². The lowest BCUT2D eigenvalue weighted by molar-refractivity contribution is -0.122. The number of carbonyl (C=O) groups is 1. The second kappa shape index (κ2) is 7.39. The van der Waals surface area contributed by atoms with E-state index in [1.54, 1.807) is 0 Å². The molecule has 1 saturated heterocycles. The summed E-state index contributed by atoms with van der Waals surface area (Å²) in [6, 6.07) is 10.5. The van der Waals surface area contributed by atoms with Crippen molar-refractivity contribution in [2.24, 2.45) is 0 Å². The lowest BCUT2D eigenvalue weighted by Crippen LogP contribution is -2.33. The van der Waals surface area contributed by atoms with Gasteiger partial charge in [-0.05, 0) is 31.9 Å². The minimum Gasteiger partial charge on any atom is -0.350 e. The predicted octanol–water partition coefficient (Wildman–Crippen LogP) is 2.43. The van der Waals surface area contributed by atoms with E-state index in [-0.39, 0.29) is 24.4 Å². The molecule has 4 heteroatoms. The third-order valence-electron chi connectivity index (χ3n) is 3.27. The molecular weight excluding hydrogens is 248 g/mol. The zero-order chi connectivity index (χ0) is 12.1. The maximum Gasteiger partial charge on any atom is 0.222 e. The van der Waals surface area contributed by atoms with E-state index < -0.39 is 0 Å². The Bertz CT molecular complexity index is 363. The quantitative estimate of drug-likeness (QED) is 0.881. The molecule has 1 fully saturated rings. The van der Waals surface area contributed by atoms with Crippen LogP contribution in [0.2, 0.25) is 0 Å². The van der Waals surface area contributed by atoms with Crippen molar-refractivity contribution < 1.29 is 4.79 Å². The molecule has 18 heavy (non-hydrogen) atoms. The van der Waals surface area contributed by atoms with Crippen molar-refractivity contribution in [2.45, 2.75) is 38.3 Å². The summed E-state index contributed by atoms with van der Waals surface area (Å²) in [5.74, 6) is 0.140. The highest BCUT2D eigenvalue weighted by Gasteiger charge is 2.18.